The highest BCUT2D eigenvalue weighted by molar-refractivity contribution is 6.57. The molecular weight excluding hydrogens is 152 g/mol. The molecule has 11 heavy (non-hydrogen) atoms. The number of rotatable bonds is 1. The second kappa shape index (κ2) is 7.76. The van der Waals surface area contributed by atoms with Gasteiger partial charge in [-0.2, -0.15) is 0 Å². The van der Waals surface area contributed by atoms with Crippen LogP contribution in [-0.2, 0) is 4.43 Å². The Morgan fingerprint density at radius 3 is 2.27 bits per heavy atom. The van der Waals surface area contributed by atoms with Crippen molar-refractivity contribution in [3.8, 4) is 0 Å². The van der Waals surface area contributed by atoms with Gasteiger partial charge < -0.3 is 4.43 Å². The minimum Gasteiger partial charge on any atom is -0.416 e. The molecule has 1 rings (SSSR count). The Bertz CT molecular complexity index is 106. The molecule has 0 spiro atoms. The zero-order valence-electron chi connectivity index (χ0n) is 7.38. The average Bonchev–Trinajstić information content (AvgIpc) is 2.08. The smallest absolute Gasteiger partial charge is 0.200 e. The van der Waals surface area contributed by atoms with Crippen LogP contribution in [0.5, 0.6) is 0 Å². The first kappa shape index (κ1) is 10.7. The summed E-state index contributed by atoms with van der Waals surface area (Å²) in [7, 11) is -0.841. The quantitative estimate of drug-likeness (QED) is 0.434. The van der Waals surface area contributed by atoms with Crippen molar-refractivity contribution in [3.63, 3.8) is 0 Å². The molecule has 64 valence electrons. The summed E-state index contributed by atoms with van der Waals surface area (Å²) in [6, 6.07) is 1.31. The predicted molar refractivity (Wildman–Crippen MR) is 53.2 cm³/mol. The fourth-order valence-corrected chi connectivity index (χ4v) is 2.65. The molecule has 0 aliphatic carbocycles. The lowest BCUT2D eigenvalue weighted by molar-refractivity contribution is 0.294. The Morgan fingerprint density at radius 2 is 2.00 bits per heavy atom. The second-order valence-corrected chi connectivity index (χ2v) is 5.01. The monoisotopic (exact) mass is 170 g/mol. The highest BCUT2D eigenvalue weighted by atomic mass is 28.3. The maximum atomic E-state index is 5.45. The first-order valence-corrected chi connectivity index (χ1v) is 6.11. The van der Waals surface area contributed by atoms with E-state index >= 15 is 0 Å². The molecule has 0 aromatic heterocycles. The van der Waals surface area contributed by atoms with Crippen molar-refractivity contribution in [2.75, 3.05) is 6.61 Å². The van der Waals surface area contributed by atoms with E-state index < -0.39 is 9.04 Å². The minimum atomic E-state index is -0.841. The van der Waals surface area contributed by atoms with Crippen molar-refractivity contribution in [1.82, 2.24) is 0 Å². The number of hydrogen-bond acceptors (Lipinski definition) is 1. The van der Waals surface area contributed by atoms with Gasteiger partial charge in [-0.3, -0.25) is 0 Å². The van der Waals surface area contributed by atoms with E-state index in [9.17, 15) is 0 Å². The first-order valence-electron chi connectivity index (χ1n) is 4.16. The van der Waals surface area contributed by atoms with Crippen LogP contribution in [0.1, 0.15) is 19.8 Å². The highest BCUT2D eigenvalue weighted by Crippen LogP contribution is 2.10. The van der Waals surface area contributed by atoms with E-state index in [0.717, 1.165) is 6.61 Å². The summed E-state index contributed by atoms with van der Waals surface area (Å²) >= 11 is 0. The SMILES string of the molecule is C=CC.C=C[SiH]1CCCCO1. The van der Waals surface area contributed by atoms with Crippen LogP contribution in [0.4, 0.5) is 0 Å². The lowest BCUT2D eigenvalue weighted by Crippen LogP contribution is -2.20. The van der Waals surface area contributed by atoms with Crippen molar-refractivity contribution < 1.29 is 4.43 Å². The van der Waals surface area contributed by atoms with Crippen molar-refractivity contribution in [2.24, 2.45) is 0 Å². The molecule has 0 aromatic rings. The fraction of sp³-hybridized carbons (Fsp3) is 0.556. The van der Waals surface area contributed by atoms with Gasteiger partial charge in [0.25, 0.3) is 0 Å². The summed E-state index contributed by atoms with van der Waals surface area (Å²) in [6.45, 7) is 9.96. The molecule has 2 heteroatoms. The first-order chi connectivity index (χ1) is 5.35. The van der Waals surface area contributed by atoms with E-state index in [1.807, 2.05) is 12.6 Å². The summed E-state index contributed by atoms with van der Waals surface area (Å²) in [6.07, 6.45) is 4.38. The molecule has 0 saturated carbocycles. The Hall–Kier alpha value is -0.343. The summed E-state index contributed by atoms with van der Waals surface area (Å²) < 4.78 is 5.45. The third kappa shape index (κ3) is 6.07. The molecule has 1 aliphatic heterocycles. The predicted octanol–water partition coefficient (Wildman–Crippen LogP) is 2.44. The molecular formula is C9H18OSi. The van der Waals surface area contributed by atoms with Gasteiger partial charge in [0.2, 0.25) is 9.04 Å². The van der Waals surface area contributed by atoms with Gasteiger partial charge in [0.1, 0.15) is 0 Å². The standard InChI is InChI=1S/C6H12OSi.C3H6/c1-2-8-6-4-3-5-7-8;1-3-2/h2,8H,1,3-6H2;3H,1H2,2H3. The molecule has 1 heterocycles. The Morgan fingerprint density at radius 1 is 1.36 bits per heavy atom. The van der Waals surface area contributed by atoms with Crippen LogP contribution in [0, 0.1) is 0 Å². The summed E-state index contributed by atoms with van der Waals surface area (Å²) in [5.41, 5.74) is 2.03. The van der Waals surface area contributed by atoms with Crippen LogP contribution in [0.25, 0.3) is 0 Å². The van der Waals surface area contributed by atoms with E-state index in [-0.39, 0.29) is 0 Å². The average molecular weight is 170 g/mol. The Labute approximate surface area is 71.5 Å². The molecule has 1 saturated heterocycles. The molecule has 1 aliphatic rings. The molecule has 1 nitrogen and oxygen atoms in total. The topological polar surface area (TPSA) is 9.23 Å². The normalized spacial score (nSPS) is 22.8. The maximum absolute atomic E-state index is 5.45. The van der Waals surface area contributed by atoms with Crippen LogP contribution < -0.4 is 0 Å². The van der Waals surface area contributed by atoms with Gasteiger partial charge in [0, 0.05) is 6.61 Å². The summed E-state index contributed by atoms with van der Waals surface area (Å²) in [5, 5.41) is 0. The van der Waals surface area contributed by atoms with Gasteiger partial charge in [-0.25, -0.2) is 0 Å². The fourth-order valence-electron chi connectivity index (χ4n) is 0.952. The molecule has 0 amide bonds. The van der Waals surface area contributed by atoms with Crippen molar-refractivity contribution in [1.29, 1.82) is 0 Å². The van der Waals surface area contributed by atoms with E-state index in [1.54, 1.807) is 6.08 Å². The minimum absolute atomic E-state index is 0.841. The molecule has 1 unspecified atom stereocenters. The van der Waals surface area contributed by atoms with Gasteiger partial charge in [0.15, 0.2) is 0 Å². The van der Waals surface area contributed by atoms with E-state index in [2.05, 4.69) is 13.2 Å². The van der Waals surface area contributed by atoms with Gasteiger partial charge in [-0.05, 0) is 19.4 Å². The lowest BCUT2D eigenvalue weighted by Gasteiger charge is -2.16. The van der Waals surface area contributed by atoms with Crippen LogP contribution in [0.15, 0.2) is 24.9 Å². The number of hydrogen-bond donors (Lipinski definition) is 0. The zero-order valence-corrected chi connectivity index (χ0v) is 8.54. The van der Waals surface area contributed by atoms with E-state index in [1.165, 1.54) is 18.9 Å². The van der Waals surface area contributed by atoms with Gasteiger partial charge >= 0.3 is 0 Å². The third-order valence-corrected chi connectivity index (χ3v) is 3.64. The summed E-state index contributed by atoms with van der Waals surface area (Å²) in [4.78, 5) is 0. The van der Waals surface area contributed by atoms with Crippen LogP contribution in [0.2, 0.25) is 6.04 Å². The number of allylic oxidation sites excluding steroid dienone is 1. The van der Waals surface area contributed by atoms with E-state index in [4.69, 9.17) is 4.43 Å². The van der Waals surface area contributed by atoms with Crippen molar-refractivity contribution in [2.45, 2.75) is 25.8 Å². The lowest BCUT2D eigenvalue weighted by atomic mass is 10.4. The maximum Gasteiger partial charge on any atom is 0.200 e. The molecule has 1 atom stereocenters. The Balaban J connectivity index is 0.000000292. The van der Waals surface area contributed by atoms with Gasteiger partial charge in [-0.15, -0.1) is 13.2 Å². The van der Waals surface area contributed by atoms with E-state index in [0.29, 0.717) is 0 Å². The molecule has 0 bridgehead atoms. The third-order valence-electron chi connectivity index (χ3n) is 1.48. The highest BCUT2D eigenvalue weighted by Gasteiger charge is 2.10. The molecule has 0 aromatic carbocycles. The van der Waals surface area contributed by atoms with Crippen molar-refractivity contribution in [3.05, 3.63) is 24.9 Å². The molecule has 1 fully saturated rings. The summed E-state index contributed by atoms with van der Waals surface area (Å²) in [5.74, 6) is 0. The van der Waals surface area contributed by atoms with Gasteiger partial charge in [-0.1, -0.05) is 18.2 Å². The molecule has 0 N–H and O–H groups in total. The van der Waals surface area contributed by atoms with Crippen LogP contribution in [0.3, 0.4) is 0 Å². The van der Waals surface area contributed by atoms with Crippen LogP contribution >= 0.6 is 0 Å². The Kier molecular flexibility index (Phi) is 7.52. The van der Waals surface area contributed by atoms with Crippen molar-refractivity contribution >= 4 is 9.04 Å². The largest absolute Gasteiger partial charge is 0.416 e. The van der Waals surface area contributed by atoms with Gasteiger partial charge in [0.05, 0.1) is 0 Å². The molecule has 0 radical (unpaired) electrons. The van der Waals surface area contributed by atoms with Crippen LogP contribution in [-0.4, -0.2) is 15.6 Å². The second-order valence-electron chi connectivity index (χ2n) is 2.55. The zero-order chi connectivity index (χ0) is 8.53.